The number of rotatable bonds is 8. The molecule has 0 aromatic carbocycles. The molecule has 36 heavy (non-hydrogen) atoms. The number of aromatic nitrogens is 4. The Morgan fingerprint density at radius 2 is 2.06 bits per heavy atom. The van der Waals surface area contributed by atoms with Crippen LogP contribution in [0.3, 0.4) is 0 Å². The fraction of sp³-hybridized carbons (Fsp3) is 0.364. The van der Waals surface area contributed by atoms with Crippen molar-refractivity contribution in [3.63, 3.8) is 0 Å². The number of thiazole rings is 1. The fourth-order valence-corrected chi connectivity index (χ4v) is 4.86. The second-order valence-electron chi connectivity index (χ2n) is 8.42. The zero-order chi connectivity index (χ0) is 26.1. The number of carbonyl (C=O) groups is 1. The number of pyridine rings is 1. The summed E-state index contributed by atoms with van der Waals surface area (Å²) in [4.78, 5) is 26.1. The predicted octanol–water partition coefficient (Wildman–Crippen LogP) is 3.86. The van der Waals surface area contributed by atoms with E-state index in [1.807, 2.05) is 0 Å². The Morgan fingerprint density at radius 1 is 1.28 bits per heavy atom. The quantitative estimate of drug-likeness (QED) is 0.445. The van der Waals surface area contributed by atoms with Crippen LogP contribution in [0.5, 0.6) is 0 Å². The zero-order valence-electron chi connectivity index (χ0n) is 19.3. The summed E-state index contributed by atoms with van der Waals surface area (Å²) >= 11 is 1.27. The number of allylic oxidation sites excluding steroid dienone is 3. The monoisotopic (exact) mass is 540 g/mol. The Kier molecular flexibility index (Phi) is 7.18. The van der Waals surface area contributed by atoms with Crippen LogP contribution in [-0.4, -0.2) is 52.0 Å². The molecule has 0 bridgehead atoms. The number of halogens is 3. The van der Waals surface area contributed by atoms with E-state index in [2.05, 4.69) is 25.6 Å². The highest BCUT2D eigenvalue weighted by molar-refractivity contribution is 7.90. The van der Waals surface area contributed by atoms with Crippen LogP contribution in [0.1, 0.15) is 34.8 Å². The molecule has 0 saturated heterocycles. The van der Waals surface area contributed by atoms with Crippen LogP contribution in [0.15, 0.2) is 48.7 Å². The van der Waals surface area contributed by atoms with E-state index in [0.29, 0.717) is 21.9 Å². The molecule has 3 heterocycles. The molecule has 1 unspecified atom stereocenters. The SMILES string of the molecule is C[C@@H](NC(=O)c1cc2c(cn1)ncn2CCS(C)(=O)=O)c1cnc(NC2=CCC(C(F)(F)F)C=C2)s1. The van der Waals surface area contributed by atoms with Gasteiger partial charge in [-0.1, -0.05) is 23.5 Å². The Morgan fingerprint density at radius 3 is 2.72 bits per heavy atom. The van der Waals surface area contributed by atoms with Gasteiger partial charge in [-0.2, -0.15) is 13.2 Å². The molecule has 1 amide bonds. The van der Waals surface area contributed by atoms with Crippen LogP contribution in [-0.2, 0) is 16.4 Å². The number of aryl methyl sites for hydroxylation is 1. The normalized spacial score (nSPS) is 17.1. The summed E-state index contributed by atoms with van der Waals surface area (Å²) in [6.45, 7) is 1.98. The van der Waals surface area contributed by atoms with Gasteiger partial charge < -0.3 is 15.2 Å². The molecular weight excluding hydrogens is 517 g/mol. The van der Waals surface area contributed by atoms with Crippen LogP contribution >= 0.6 is 11.3 Å². The maximum Gasteiger partial charge on any atom is 0.395 e. The number of carbonyl (C=O) groups excluding carboxylic acids is 1. The van der Waals surface area contributed by atoms with Crippen molar-refractivity contribution in [2.45, 2.75) is 32.1 Å². The molecule has 3 aromatic heterocycles. The summed E-state index contributed by atoms with van der Waals surface area (Å²) in [6.07, 6.45) is 5.27. The number of hydrogen-bond acceptors (Lipinski definition) is 8. The first-order valence-electron chi connectivity index (χ1n) is 10.9. The number of imidazole rings is 1. The molecule has 9 nitrogen and oxygen atoms in total. The first-order valence-corrected chi connectivity index (χ1v) is 13.7. The highest BCUT2D eigenvalue weighted by Gasteiger charge is 2.37. The lowest BCUT2D eigenvalue weighted by Crippen LogP contribution is -2.27. The maximum absolute atomic E-state index is 12.8. The molecule has 2 atom stereocenters. The first kappa shape index (κ1) is 25.8. The van der Waals surface area contributed by atoms with Gasteiger partial charge in [-0.3, -0.25) is 4.79 Å². The van der Waals surface area contributed by atoms with Gasteiger partial charge in [0.05, 0.1) is 35.8 Å². The molecule has 0 saturated carbocycles. The van der Waals surface area contributed by atoms with Gasteiger partial charge in [-0.25, -0.2) is 23.4 Å². The third kappa shape index (κ3) is 6.29. The number of alkyl halides is 3. The second kappa shape index (κ2) is 10.0. The van der Waals surface area contributed by atoms with E-state index in [9.17, 15) is 26.4 Å². The van der Waals surface area contributed by atoms with E-state index in [4.69, 9.17) is 0 Å². The zero-order valence-corrected chi connectivity index (χ0v) is 20.9. The van der Waals surface area contributed by atoms with Crippen molar-refractivity contribution in [2.24, 2.45) is 5.92 Å². The molecule has 2 N–H and O–H groups in total. The molecule has 14 heteroatoms. The summed E-state index contributed by atoms with van der Waals surface area (Å²) in [5, 5.41) is 6.33. The van der Waals surface area contributed by atoms with Crippen molar-refractivity contribution in [2.75, 3.05) is 17.3 Å². The van der Waals surface area contributed by atoms with Gasteiger partial charge in [0.2, 0.25) is 0 Å². The number of sulfone groups is 1. The molecule has 0 radical (unpaired) electrons. The molecule has 0 fully saturated rings. The topological polar surface area (TPSA) is 119 Å². The predicted molar refractivity (Wildman–Crippen MR) is 130 cm³/mol. The van der Waals surface area contributed by atoms with E-state index >= 15 is 0 Å². The average Bonchev–Trinajstić information content (AvgIpc) is 3.43. The molecule has 0 spiro atoms. The van der Waals surface area contributed by atoms with Crippen LogP contribution in [0.4, 0.5) is 18.3 Å². The lowest BCUT2D eigenvalue weighted by atomic mass is 9.99. The largest absolute Gasteiger partial charge is 0.395 e. The maximum atomic E-state index is 12.8. The van der Waals surface area contributed by atoms with Gasteiger partial charge in [-0.05, 0) is 25.5 Å². The van der Waals surface area contributed by atoms with Gasteiger partial charge in [-0.15, -0.1) is 0 Å². The number of hydrogen-bond donors (Lipinski definition) is 2. The van der Waals surface area contributed by atoms with Gasteiger partial charge in [0.25, 0.3) is 5.91 Å². The average molecular weight is 541 g/mol. The van der Waals surface area contributed by atoms with Crippen molar-refractivity contribution in [1.29, 1.82) is 0 Å². The fourth-order valence-electron chi connectivity index (χ4n) is 3.49. The minimum atomic E-state index is -4.27. The minimum Gasteiger partial charge on any atom is -0.343 e. The van der Waals surface area contributed by atoms with Gasteiger partial charge in [0.15, 0.2) is 5.13 Å². The third-order valence-corrected chi connectivity index (χ3v) is 7.53. The molecule has 0 aliphatic heterocycles. The molecule has 3 aromatic rings. The van der Waals surface area contributed by atoms with E-state index < -0.39 is 33.9 Å². The van der Waals surface area contributed by atoms with Crippen LogP contribution in [0.2, 0.25) is 0 Å². The molecule has 1 aliphatic rings. The highest BCUT2D eigenvalue weighted by atomic mass is 32.2. The van der Waals surface area contributed by atoms with E-state index in [-0.39, 0.29) is 24.4 Å². The van der Waals surface area contributed by atoms with Crippen molar-refractivity contribution in [3.8, 4) is 0 Å². The standard InChI is InChI=1S/C22H23F3N6O3S2/c1-13(19-11-27-21(35-19)30-15-5-3-14(4-6-15)22(23,24)25)29-20(32)16-9-18-17(10-26-16)28-12-31(18)7-8-36(2,33)34/h3,5-6,9-14H,4,7-8H2,1-2H3,(H,27,30)(H,29,32)/t13-,14?/m1/s1. The summed E-state index contributed by atoms with van der Waals surface area (Å²) in [7, 11) is -3.16. The Labute approximate surface area is 209 Å². The van der Waals surface area contributed by atoms with E-state index in [1.54, 1.807) is 23.8 Å². The van der Waals surface area contributed by atoms with Crippen LogP contribution in [0, 0.1) is 5.92 Å². The molecule has 192 valence electrons. The van der Waals surface area contributed by atoms with Gasteiger partial charge >= 0.3 is 6.18 Å². The first-order chi connectivity index (χ1) is 16.9. The summed E-state index contributed by atoms with van der Waals surface area (Å²) in [5.41, 5.74) is 1.81. The third-order valence-electron chi connectivity index (χ3n) is 5.51. The Balaban J connectivity index is 1.39. The Hall–Kier alpha value is -3.26. The van der Waals surface area contributed by atoms with Gasteiger partial charge in [0, 0.05) is 29.6 Å². The van der Waals surface area contributed by atoms with Crippen molar-refractivity contribution >= 4 is 43.2 Å². The van der Waals surface area contributed by atoms with Crippen molar-refractivity contribution in [3.05, 3.63) is 59.3 Å². The highest BCUT2D eigenvalue weighted by Crippen LogP contribution is 2.34. The lowest BCUT2D eigenvalue weighted by Gasteiger charge is -2.19. The lowest BCUT2D eigenvalue weighted by molar-refractivity contribution is -0.160. The smallest absolute Gasteiger partial charge is 0.343 e. The summed E-state index contributed by atoms with van der Waals surface area (Å²) < 4.78 is 63.0. The molecule has 1 aliphatic carbocycles. The summed E-state index contributed by atoms with van der Waals surface area (Å²) in [6, 6.07) is 1.14. The van der Waals surface area contributed by atoms with E-state index in [0.717, 1.165) is 17.2 Å². The number of nitrogens with zero attached hydrogens (tertiary/aromatic N) is 4. The molecular formula is C22H23F3N6O3S2. The number of nitrogens with one attached hydrogen (secondary N) is 2. The van der Waals surface area contributed by atoms with E-state index in [1.165, 1.54) is 36.0 Å². The van der Waals surface area contributed by atoms with Crippen LogP contribution < -0.4 is 10.6 Å². The number of amides is 1. The van der Waals surface area contributed by atoms with Crippen molar-refractivity contribution in [1.82, 2.24) is 24.8 Å². The van der Waals surface area contributed by atoms with Crippen LogP contribution in [0.25, 0.3) is 11.0 Å². The number of fused-ring (bicyclic) bond motifs is 1. The minimum absolute atomic E-state index is 0.0588. The number of anilines is 1. The Bertz CT molecular complexity index is 1440. The van der Waals surface area contributed by atoms with Gasteiger partial charge in [0.1, 0.15) is 21.0 Å². The summed E-state index contributed by atoms with van der Waals surface area (Å²) in [5.74, 6) is -1.98. The second-order valence-corrected chi connectivity index (χ2v) is 11.7. The molecule has 4 rings (SSSR count). The van der Waals surface area contributed by atoms with Crippen molar-refractivity contribution < 1.29 is 26.4 Å².